The highest BCUT2D eigenvalue weighted by atomic mass is 32.2. The van der Waals surface area contributed by atoms with Crippen LogP contribution in [0.1, 0.15) is 11.1 Å². The first kappa shape index (κ1) is 20.0. The molecular formula is C16H15F4NO4S. The lowest BCUT2D eigenvalue weighted by Crippen LogP contribution is -2.24. The Morgan fingerprint density at radius 2 is 1.65 bits per heavy atom. The van der Waals surface area contributed by atoms with Gasteiger partial charge in [-0.15, -0.1) is 0 Å². The molecule has 2 aromatic carbocycles. The summed E-state index contributed by atoms with van der Waals surface area (Å²) in [6, 6.07) is 5.94. The van der Waals surface area contributed by atoms with Crippen LogP contribution < -0.4 is 14.2 Å². The predicted octanol–water partition coefficient (Wildman–Crippen LogP) is 3.34. The van der Waals surface area contributed by atoms with E-state index in [1.54, 1.807) is 0 Å². The molecule has 0 unspecified atom stereocenters. The van der Waals surface area contributed by atoms with Gasteiger partial charge in [0.2, 0.25) is 10.0 Å². The van der Waals surface area contributed by atoms with E-state index in [1.165, 1.54) is 20.3 Å². The van der Waals surface area contributed by atoms with Crippen molar-refractivity contribution in [2.75, 3.05) is 14.2 Å². The molecule has 0 amide bonds. The number of benzene rings is 2. The number of hydrogen-bond acceptors (Lipinski definition) is 4. The first-order chi connectivity index (χ1) is 12.1. The van der Waals surface area contributed by atoms with E-state index >= 15 is 0 Å². The van der Waals surface area contributed by atoms with Gasteiger partial charge in [0.05, 0.1) is 19.8 Å². The highest BCUT2D eigenvalue weighted by molar-refractivity contribution is 7.89. The average molecular weight is 393 g/mol. The molecule has 0 aromatic heterocycles. The largest absolute Gasteiger partial charge is 0.493 e. The molecule has 0 spiro atoms. The highest BCUT2D eigenvalue weighted by Crippen LogP contribution is 2.32. The van der Waals surface area contributed by atoms with Gasteiger partial charge in [0.1, 0.15) is 10.7 Å². The molecule has 0 saturated carbocycles. The van der Waals surface area contributed by atoms with Crippen LogP contribution >= 0.6 is 0 Å². The number of rotatable bonds is 6. The van der Waals surface area contributed by atoms with Gasteiger partial charge in [0.25, 0.3) is 0 Å². The van der Waals surface area contributed by atoms with Crippen molar-refractivity contribution in [2.24, 2.45) is 0 Å². The number of nitrogens with one attached hydrogen (secondary N) is 1. The maximum Gasteiger partial charge on any atom is 0.416 e. The highest BCUT2D eigenvalue weighted by Gasteiger charge is 2.30. The lowest BCUT2D eigenvalue weighted by atomic mass is 10.1. The molecule has 0 atom stereocenters. The van der Waals surface area contributed by atoms with Crippen molar-refractivity contribution in [3.63, 3.8) is 0 Å². The van der Waals surface area contributed by atoms with Crippen molar-refractivity contribution in [3.05, 3.63) is 53.3 Å². The Kier molecular flexibility index (Phi) is 5.77. The molecule has 0 aliphatic heterocycles. The topological polar surface area (TPSA) is 64.6 Å². The van der Waals surface area contributed by atoms with Crippen LogP contribution in [0.2, 0.25) is 0 Å². The first-order valence-electron chi connectivity index (χ1n) is 7.16. The van der Waals surface area contributed by atoms with E-state index in [2.05, 4.69) is 4.72 Å². The third-order valence-corrected chi connectivity index (χ3v) is 4.86. The maximum atomic E-state index is 14.1. The second-order valence-corrected chi connectivity index (χ2v) is 6.90. The van der Waals surface area contributed by atoms with Crippen LogP contribution in [0.3, 0.4) is 0 Å². The minimum Gasteiger partial charge on any atom is -0.493 e. The molecule has 0 aliphatic rings. The van der Waals surface area contributed by atoms with E-state index < -0.39 is 39.0 Å². The van der Waals surface area contributed by atoms with Crippen molar-refractivity contribution in [1.82, 2.24) is 4.72 Å². The lowest BCUT2D eigenvalue weighted by molar-refractivity contribution is -0.137. The number of ether oxygens (including phenoxy) is 2. The van der Waals surface area contributed by atoms with Crippen LogP contribution in [-0.4, -0.2) is 22.6 Å². The average Bonchev–Trinajstić information content (AvgIpc) is 2.59. The molecule has 142 valence electrons. The second-order valence-electron chi connectivity index (χ2n) is 5.16. The number of hydrogen-bond donors (Lipinski definition) is 1. The third kappa shape index (κ3) is 4.44. The zero-order valence-corrected chi connectivity index (χ0v) is 14.5. The summed E-state index contributed by atoms with van der Waals surface area (Å²) >= 11 is 0. The van der Waals surface area contributed by atoms with Crippen molar-refractivity contribution >= 4 is 10.0 Å². The van der Waals surface area contributed by atoms with Crippen LogP contribution in [0.15, 0.2) is 41.3 Å². The Bertz CT molecular complexity index is 898. The van der Waals surface area contributed by atoms with Gasteiger partial charge in [0.15, 0.2) is 11.5 Å². The molecule has 0 bridgehead atoms. The van der Waals surface area contributed by atoms with Crippen molar-refractivity contribution < 1.29 is 35.5 Å². The van der Waals surface area contributed by atoms with Crippen LogP contribution in [0, 0.1) is 5.82 Å². The SMILES string of the molecule is COc1cc(F)c(S(=O)(=O)NCc2cccc(C(F)(F)F)c2)cc1OC. The van der Waals surface area contributed by atoms with Gasteiger partial charge in [-0.05, 0) is 11.6 Å². The zero-order valence-electron chi connectivity index (χ0n) is 13.7. The fourth-order valence-corrected chi connectivity index (χ4v) is 3.25. The summed E-state index contributed by atoms with van der Waals surface area (Å²) in [5, 5.41) is 0. The predicted molar refractivity (Wildman–Crippen MR) is 85.0 cm³/mol. The van der Waals surface area contributed by atoms with Crippen LogP contribution in [0.25, 0.3) is 0 Å². The molecule has 0 radical (unpaired) electrons. The maximum absolute atomic E-state index is 14.1. The van der Waals surface area contributed by atoms with E-state index in [0.29, 0.717) is 0 Å². The lowest BCUT2D eigenvalue weighted by Gasteiger charge is -2.13. The molecule has 26 heavy (non-hydrogen) atoms. The van der Waals surface area contributed by atoms with E-state index in [4.69, 9.17) is 9.47 Å². The van der Waals surface area contributed by atoms with E-state index in [1.807, 2.05) is 0 Å². The van der Waals surface area contributed by atoms with E-state index in [9.17, 15) is 26.0 Å². The van der Waals surface area contributed by atoms with E-state index in [-0.39, 0.29) is 17.1 Å². The van der Waals surface area contributed by atoms with Gasteiger partial charge in [-0.3, -0.25) is 0 Å². The van der Waals surface area contributed by atoms with Crippen molar-refractivity contribution in [3.8, 4) is 11.5 Å². The summed E-state index contributed by atoms with van der Waals surface area (Å²) in [6.07, 6.45) is -4.55. The summed E-state index contributed by atoms with van der Waals surface area (Å²) < 4.78 is 88.7. The molecule has 10 heteroatoms. The van der Waals surface area contributed by atoms with Gasteiger partial charge >= 0.3 is 6.18 Å². The molecule has 1 N–H and O–H groups in total. The number of alkyl halides is 3. The van der Waals surface area contributed by atoms with E-state index in [0.717, 1.165) is 30.3 Å². The first-order valence-corrected chi connectivity index (χ1v) is 8.64. The minimum absolute atomic E-state index is 0.00169. The molecule has 2 aromatic rings. The van der Waals surface area contributed by atoms with Gasteiger partial charge in [0, 0.05) is 18.7 Å². The van der Waals surface area contributed by atoms with Crippen LogP contribution in [0.5, 0.6) is 11.5 Å². The Labute approximate surface area is 147 Å². The normalized spacial score (nSPS) is 12.1. The second kappa shape index (κ2) is 7.50. The fraction of sp³-hybridized carbons (Fsp3) is 0.250. The Morgan fingerprint density at radius 1 is 1.04 bits per heavy atom. The fourth-order valence-electron chi connectivity index (χ4n) is 2.16. The molecule has 0 heterocycles. The smallest absolute Gasteiger partial charge is 0.416 e. The molecule has 0 saturated heterocycles. The molecular weight excluding hydrogens is 378 g/mol. The minimum atomic E-state index is -4.55. The van der Waals surface area contributed by atoms with Crippen LogP contribution in [0.4, 0.5) is 17.6 Å². The summed E-state index contributed by atoms with van der Waals surface area (Å²) in [4.78, 5) is -0.706. The van der Waals surface area contributed by atoms with Crippen molar-refractivity contribution in [1.29, 1.82) is 0 Å². The van der Waals surface area contributed by atoms with Gasteiger partial charge in [-0.1, -0.05) is 18.2 Å². The summed E-state index contributed by atoms with van der Waals surface area (Å²) in [5.74, 6) is -1.09. The Balaban J connectivity index is 2.27. The summed E-state index contributed by atoms with van der Waals surface area (Å²) in [5.41, 5.74) is -0.837. The van der Waals surface area contributed by atoms with Crippen LogP contribution in [-0.2, 0) is 22.7 Å². The van der Waals surface area contributed by atoms with Crippen molar-refractivity contribution in [2.45, 2.75) is 17.6 Å². The Hall–Kier alpha value is -2.33. The third-order valence-electron chi connectivity index (χ3n) is 3.45. The number of halogens is 4. The quantitative estimate of drug-likeness (QED) is 0.765. The number of methoxy groups -OCH3 is 2. The Morgan fingerprint density at radius 3 is 2.23 bits per heavy atom. The molecule has 2 rings (SSSR count). The van der Waals surface area contributed by atoms with Gasteiger partial charge in [-0.25, -0.2) is 17.5 Å². The van der Waals surface area contributed by atoms with Gasteiger partial charge in [-0.2, -0.15) is 13.2 Å². The molecule has 0 fully saturated rings. The summed E-state index contributed by atoms with van der Waals surface area (Å²) in [6.45, 7) is -0.444. The molecule has 0 aliphatic carbocycles. The molecule has 5 nitrogen and oxygen atoms in total. The monoisotopic (exact) mass is 393 g/mol. The zero-order chi connectivity index (χ0) is 19.5. The van der Waals surface area contributed by atoms with Gasteiger partial charge < -0.3 is 9.47 Å². The standard InChI is InChI=1S/C16H15F4NO4S/c1-24-13-7-12(17)15(8-14(13)25-2)26(22,23)21-9-10-4-3-5-11(6-10)16(18,19)20/h3-8,21H,9H2,1-2H3. The number of sulfonamides is 1. The summed E-state index contributed by atoms with van der Waals surface area (Å²) in [7, 11) is -1.82.